The van der Waals surface area contributed by atoms with Gasteiger partial charge in [-0.2, -0.15) is 0 Å². The SMILES string of the molecule is O=C(N[C@@H]1C[C@H]2CCN(C2)C1)n1ccc(-c2ccccc2Cl)c1. The molecule has 0 saturated carbocycles. The number of piperidine rings is 1. The number of carbonyl (C=O) groups is 1. The normalized spacial score (nSPS) is 26.2. The molecule has 0 aliphatic carbocycles. The Bertz CT molecular complexity index is 715. The first kappa shape index (κ1) is 14.8. The highest BCUT2D eigenvalue weighted by atomic mass is 35.5. The minimum atomic E-state index is -0.0594. The summed E-state index contributed by atoms with van der Waals surface area (Å²) in [5.74, 6) is 0.748. The van der Waals surface area contributed by atoms with Crippen LogP contribution in [0.2, 0.25) is 5.02 Å². The van der Waals surface area contributed by atoms with Crippen LogP contribution in [0.4, 0.5) is 4.79 Å². The second-order valence-electron chi connectivity index (χ2n) is 6.58. The molecule has 1 aromatic carbocycles. The first-order valence-corrected chi connectivity index (χ1v) is 8.53. The van der Waals surface area contributed by atoms with E-state index >= 15 is 0 Å². The second-order valence-corrected chi connectivity index (χ2v) is 6.99. The highest BCUT2D eigenvalue weighted by molar-refractivity contribution is 6.33. The molecule has 2 bridgehead atoms. The fourth-order valence-corrected chi connectivity index (χ4v) is 4.04. The minimum Gasteiger partial charge on any atom is -0.333 e. The molecule has 23 heavy (non-hydrogen) atoms. The van der Waals surface area contributed by atoms with E-state index in [1.807, 2.05) is 36.5 Å². The zero-order chi connectivity index (χ0) is 15.8. The van der Waals surface area contributed by atoms with Gasteiger partial charge in [-0.3, -0.25) is 4.57 Å². The summed E-state index contributed by atoms with van der Waals surface area (Å²) >= 11 is 6.23. The van der Waals surface area contributed by atoms with Gasteiger partial charge in [0.05, 0.1) is 0 Å². The average Bonchev–Trinajstić information content (AvgIpc) is 3.15. The summed E-state index contributed by atoms with van der Waals surface area (Å²) in [5.41, 5.74) is 1.90. The van der Waals surface area contributed by atoms with Gasteiger partial charge in [0, 0.05) is 47.7 Å². The number of hydrogen-bond acceptors (Lipinski definition) is 2. The topological polar surface area (TPSA) is 37.3 Å². The molecule has 3 atom stereocenters. The number of rotatable bonds is 2. The first-order valence-electron chi connectivity index (χ1n) is 8.15. The molecule has 5 heteroatoms. The monoisotopic (exact) mass is 329 g/mol. The van der Waals surface area contributed by atoms with E-state index in [1.54, 1.807) is 10.8 Å². The van der Waals surface area contributed by atoms with E-state index < -0.39 is 0 Å². The van der Waals surface area contributed by atoms with Crippen LogP contribution in [0, 0.1) is 5.92 Å². The number of carbonyl (C=O) groups excluding carboxylic acids is 1. The van der Waals surface area contributed by atoms with Gasteiger partial charge in [-0.05, 0) is 37.4 Å². The Balaban J connectivity index is 1.46. The van der Waals surface area contributed by atoms with Gasteiger partial charge in [0.15, 0.2) is 0 Å². The number of fused-ring (bicyclic) bond motifs is 2. The van der Waals surface area contributed by atoms with Crippen molar-refractivity contribution >= 4 is 17.6 Å². The van der Waals surface area contributed by atoms with E-state index in [4.69, 9.17) is 11.6 Å². The molecule has 120 valence electrons. The van der Waals surface area contributed by atoms with Gasteiger partial charge in [0.1, 0.15) is 0 Å². The van der Waals surface area contributed by atoms with Crippen LogP contribution in [-0.2, 0) is 0 Å². The molecule has 0 spiro atoms. The summed E-state index contributed by atoms with van der Waals surface area (Å²) in [7, 11) is 0. The molecule has 2 saturated heterocycles. The summed E-state index contributed by atoms with van der Waals surface area (Å²) < 4.78 is 1.62. The van der Waals surface area contributed by atoms with Crippen molar-refractivity contribution in [2.45, 2.75) is 18.9 Å². The average molecular weight is 330 g/mol. The van der Waals surface area contributed by atoms with Gasteiger partial charge in [-0.25, -0.2) is 4.79 Å². The molecular formula is C18H20ClN3O. The predicted molar refractivity (Wildman–Crippen MR) is 91.8 cm³/mol. The Morgan fingerprint density at radius 2 is 2.09 bits per heavy atom. The third kappa shape index (κ3) is 3.01. The lowest BCUT2D eigenvalue weighted by molar-refractivity contribution is 0.206. The molecule has 2 aromatic rings. The minimum absolute atomic E-state index is 0.0594. The predicted octanol–water partition coefficient (Wildman–Crippen LogP) is 3.46. The number of halogens is 1. The molecule has 2 fully saturated rings. The molecule has 1 aromatic heterocycles. The number of amides is 1. The van der Waals surface area contributed by atoms with E-state index in [2.05, 4.69) is 10.2 Å². The van der Waals surface area contributed by atoms with Gasteiger partial charge in [-0.1, -0.05) is 29.8 Å². The quantitative estimate of drug-likeness (QED) is 0.916. The van der Waals surface area contributed by atoms with Crippen molar-refractivity contribution in [1.29, 1.82) is 0 Å². The number of nitrogens with one attached hydrogen (secondary N) is 1. The van der Waals surface area contributed by atoms with Gasteiger partial charge < -0.3 is 10.2 Å². The lowest BCUT2D eigenvalue weighted by atomic mass is 9.97. The van der Waals surface area contributed by atoms with E-state index in [9.17, 15) is 4.79 Å². The molecule has 3 heterocycles. The Morgan fingerprint density at radius 1 is 1.22 bits per heavy atom. The summed E-state index contributed by atoms with van der Waals surface area (Å²) in [5, 5.41) is 3.86. The molecule has 2 aliphatic heterocycles. The highest BCUT2D eigenvalue weighted by Crippen LogP contribution is 2.28. The lowest BCUT2D eigenvalue weighted by Gasteiger charge is -2.30. The fourth-order valence-electron chi connectivity index (χ4n) is 3.79. The Kier molecular flexibility index (Phi) is 3.87. The van der Waals surface area contributed by atoms with Crippen LogP contribution in [0.25, 0.3) is 11.1 Å². The molecule has 1 amide bonds. The standard InChI is InChI=1S/C18H20ClN3O/c19-17-4-2-1-3-16(17)14-6-8-22(11-14)18(23)20-15-9-13-5-7-21(10-13)12-15/h1-4,6,8,11,13,15H,5,7,9-10,12H2,(H,20,23)/t13-,15-/m1/s1. The van der Waals surface area contributed by atoms with Crippen molar-refractivity contribution in [3.63, 3.8) is 0 Å². The maximum atomic E-state index is 12.5. The van der Waals surface area contributed by atoms with Crippen molar-refractivity contribution in [1.82, 2.24) is 14.8 Å². The molecule has 2 aliphatic rings. The van der Waals surface area contributed by atoms with Gasteiger partial charge in [0.2, 0.25) is 0 Å². The van der Waals surface area contributed by atoms with Gasteiger partial charge >= 0.3 is 6.03 Å². The summed E-state index contributed by atoms with van der Waals surface area (Å²) in [6.07, 6.45) is 6.01. The molecule has 4 nitrogen and oxygen atoms in total. The number of aromatic nitrogens is 1. The Hall–Kier alpha value is -1.78. The van der Waals surface area contributed by atoms with Crippen LogP contribution in [0.3, 0.4) is 0 Å². The maximum Gasteiger partial charge on any atom is 0.325 e. The van der Waals surface area contributed by atoms with Crippen LogP contribution >= 0.6 is 11.6 Å². The van der Waals surface area contributed by atoms with Crippen molar-refractivity contribution < 1.29 is 4.79 Å². The third-order valence-electron chi connectivity index (χ3n) is 4.91. The van der Waals surface area contributed by atoms with Crippen LogP contribution in [0.1, 0.15) is 12.8 Å². The maximum absolute atomic E-state index is 12.5. The second kappa shape index (κ2) is 6.02. The molecular weight excluding hydrogens is 310 g/mol. The lowest BCUT2D eigenvalue weighted by Crippen LogP contribution is -2.47. The number of nitrogens with zero attached hydrogens (tertiary/aromatic N) is 2. The third-order valence-corrected chi connectivity index (χ3v) is 5.24. The van der Waals surface area contributed by atoms with Crippen LogP contribution in [0.15, 0.2) is 42.7 Å². The smallest absolute Gasteiger partial charge is 0.325 e. The summed E-state index contributed by atoms with van der Waals surface area (Å²) in [6, 6.07) is 9.81. The van der Waals surface area contributed by atoms with E-state index in [-0.39, 0.29) is 12.1 Å². The molecule has 4 rings (SSSR count). The summed E-state index contributed by atoms with van der Waals surface area (Å²) in [6.45, 7) is 3.35. The molecule has 1 unspecified atom stereocenters. The first-order chi connectivity index (χ1) is 11.2. The van der Waals surface area contributed by atoms with Gasteiger partial charge in [-0.15, -0.1) is 0 Å². The Morgan fingerprint density at radius 3 is 2.91 bits per heavy atom. The van der Waals surface area contributed by atoms with Crippen LogP contribution in [0.5, 0.6) is 0 Å². The van der Waals surface area contributed by atoms with Crippen LogP contribution in [-0.4, -0.2) is 41.2 Å². The number of benzene rings is 1. The van der Waals surface area contributed by atoms with E-state index in [0.29, 0.717) is 5.02 Å². The van der Waals surface area contributed by atoms with Gasteiger partial charge in [0.25, 0.3) is 0 Å². The van der Waals surface area contributed by atoms with E-state index in [1.165, 1.54) is 19.5 Å². The molecule has 1 N–H and O–H groups in total. The van der Waals surface area contributed by atoms with Crippen molar-refractivity contribution in [2.75, 3.05) is 19.6 Å². The van der Waals surface area contributed by atoms with Crippen molar-refractivity contribution in [2.24, 2.45) is 5.92 Å². The molecule has 0 radical (unpaired) electrons. The zero-order valence-electron chi connectivity index (χ0n) is 12.9. The zero-order valence-corrected chi connectivity index (χ0v) is 13.7. The van der Waals surface area contributed by atoms with Crippen molar-refractivity contribution in [3.05, 3.63) is 47.7 Å². The summed E-state index contributed by atoms with van der Waals surface area (Å²) in [4.78, 5) is 14.9. The largest absolute Gasteiger partial charge is 0.333 e. The van der Waals surface area contributed by atoms with Crippen LogP contribution < -0.4 is 5.32 Å². The highest BCUT2D eigenvalue weighted by Gasteiger charge is 2.33. The fraction of sp³-hybridized carbons (Fsp3) is 0.389. The van der Waals surface area contributed by atoms with Crippen molar-refractivity contribution in [3.8, 4) is 11.1 Å². The Labute approximate surface area is 141 Å². The van der Waals surface area contributed by atoms with E-state index in [0.717, 1.165) is 30.0 Å². The number of hydrogen-bond donors (Lipinski definition) is 1.